The SMILES string of the molecule is Oc1ccc(OC(F)(F)F)c(-c2cnn(CC3CC3)c2)c1. The monoisotopic (exact) mass is 298 g/mol. The third-order valence-corrected chi connectivity index (χ3v) is 3.28. The second-order valence-corrected chi connectivity index (χ2v) is 5.12. The number of rotatable bonds is 4. The quantitative estimate of drug-likeness (QED) is 0.938. The van der Waals surface area contributed by atoms with Crippen LogP contribution in [-0.4, -0.2) is 21.2 Å². The lowest BCUT2D eigenvalue weighted by atomic mass is 10.1. The van der Waals surface area contributed by atoms with E-state index in [1.165, 1.54) is 12.3 Å². The first kappa shape index (κ1) is 13.8. The van der Waals surface area contributed by atoms with E-state index in [1.54, 1.807) is 10.9 Å². The van der Waals surface area contributed by atoms with Gasteiger partial charge in [0.05, 0.1) is 6.20 Å². The van der Waals surface area contributed by atoms with E-state index in [1.807, 2.05) is 0 Å². The molecule has 1 saturated carbocycles. The molecule has 0 saturated heterocycles. The van der Waals surface area contributed by atoms with Crippen molar-refractivity contribution in [3.63, 3.8) is 0 Å². The summed E-state index contributed by atoms with van der Waals surface area (Å²) in [6.07, 6.45) is 0.667. The molecule has 2 aromatic rings. The molecule has 0 spiro atoms. The molecule has 0 atom stereocenters. The molecule has 0 bridgehead atoms. The van der Waals surface area contributed by atoms with Gasteiger partial charge in [0.25, 0.3) is 0 Å². The molecule has 1 aromatic carbocycles. The van der Waals surface area contributed by atoms with Gasteiger partial charge in [-0.25, -0.2) is 0 Å². The Morgan fingerprint density at radius 1 is 1.33 bits per heavy atom. The summed E-state index contributed by atoms with van der Waals surface area (Å²) in [7, 11) is 0. The van der Waals surface area contributed by atoms with Crippen molar-refractivity contribution >= 4 is 0 Å². The van der Waals surface area contributed by atoms with Gasteiger partial charge in [0, 0.05) is 23.9 Å². The number of phenolic OH excluding ortho intramolecular Hbond substituents is 1. The third-order valence-electron chi connectivity index (χ3n) is 3.28. The predicted octanol–water partition coefficient (Wildman–Crippen LogP) is 3.56. The molecule has 1 fully saturated rings. The van der Waals surface area contributed by atoms with Crippen molar-refractivity contribution in [3.05, 3.63) is 30.6 Å². The summed E-state index contributed by atoms with van der Waals surface area (Å²) < 4.78 is 43.0. The summed E-state index contributed by atoms with van der Waals surface area (Å²) >= 11 is 0. The summed E-state index contributed by atoms with van der Waals surface area (Å²) in [4.78, 5) is 0. The van der Waals surface area contributed by atoms with Gasteiger partial charge in [0.2, 0.25) is 0 Å². The Balaban J connectivity index is 1.91. The van der Waals surface area contributed by atoms with Crippen molar-refractivity contribution in [1.29, 1.82) is 0 Å². The molecule has 1 aliphatic carbocycles. The number of ether oxygens (including phenoxy) is 1. The summed E-state index contributed by atoms with van der Waals surface area (Å²) in [6.45, 7) is 0.758. The van der Waals surface area contributed by atoms with E-state index < -0.39 is 6.36 Å². The maximum Gasteiger partial charge on any atom is 0.573 e. The highest BCUT2D eigenvalue weighted by atomic mass is 19.4. The van der Waals surface area contributed by atoms with Crippen molar-refractivity contribution in [2.45, 2.75) is 25.7 Å². The molecule has 1 heterocycles. The molecule has 0 radical (unpaired) electrons. The maximum atomic E-state index is 12.4. The molecule has 1 N–H and O–H groups in total. The smallest absolute Gasteiger partial charge is 0.508 e. The van der Waals surface area contributed by atoms with Crippen LogP contribution in [-0.2, 0) is 6.54 Å². The molecule has 0 amide bonds. The lowest BCUT2D eigenvalue weighted by molar-refractivity contribution is -0.274. The van der Waals surface area contributed by atoms with E-state index in [2.05, 4.69) is 9.84 Å². The summed E-state index contributed by atoms with van der Waals surface area (Å²) in [5, 5.41) is 13.6. The average Bonchev–Trinajstić information content (AvgIpc) is 3.06. The maximum absolute atomic E-state index is 12.4. The normalized spacial score (nSPS) is 15.2. The lowest BCUT2D eigenvalue weighted by Gasteiger charge is -2.12. The van der Waals surface area contributed by atoms with Crippen molar-refractivity contribution in [2.24, 2.45) is 5.92 Å². The number of halogens is 3. The van der Waals surface area contributed by atoms with Gasteiger partial charge in [-0.15, -0.1) is 13.2 Å². The number of phenols is 1. The van der Waals surface area contributed by atoms with E-state index in [4.69, 9.17) is 0 Å². The first-order valence-corrected chi connectivity index (χ1v) is 6.52. The van der Waals surface area contributed by atoms with Gasteiger partial charge in [-0.3, -0.25) is 4.68 Å². The van der Waals surface area contributed by atoms with Crippen LogP contribution < -0.4 is 4.74 Å². The zero-order valence-electron chi connectivity index (χ0n) is 11.0. The van der Waals surface area contributed by atoms with E-state index in [9.17, 15) is 18.3 Å². The van der Waals surface area contributed by atoms with E-state index in [0.717, 1.165) is 31.5 Å². The molecule has 1 aliphatic rings. The Hall–Kier alpha value is -2.18. The van der Waals surface area contributed by atoms with Crippen LogP contribution in [0.1, 0.15) is 12.8 Å². The fraction of sp³-hybridized carbons (Fsp3) is 0.357. The molecule has 7 heteroatoms. The Kier molecular flexibility index (Phi) is 3.27. The summed E-state index contributed by atoms with van der Waals surface area (Å²) in [5.41, 5.74) is 0.639. The average molecular weight is 298 g/mol. The van der Waals surface area contributed by atoms with Crippen molar-refractivity contribution in [1.82, 2.24) is 9.78 Å². The molecule has 0 aliphatic heterocycles. The van der Waals surface area contributed by atoms with Crippen LogP contribution >= 0.6 is 0 Å². The number of benzene rings is 1. The second kappa shape index (κ2) is 4.98. The number of alkyl halides is 3. The minimum absolute atomic E-state index is 0.130. The van der Waals surface area contributed by atoms with Crippen LogP contribution in [0.4, 0.5) is 13.2 Å². The first-order chi connectivity index (χ1) is 9.90. The molecule has 21 heavy (non-hydrogen) atoms. The van der Waals surface area contributed by atoms with Crippen LogP contribution in [0.5, 0.6) is 11.5 Å². The van der Waals surface area contributed by atoms with E-state index in [0.29, 0.717) is 11.5 Å². The highest BCUT2D eigenvalue weighted by Gasteiger charge is 2.32. The standard InChI is InChI=1S/C14H13F3N2O2/c15-14(16,17)21-13-4-3-11(20)5-12(13)10-6-18-19(8-10)7-9-1-2-9/h3-6,8-9,20H,1-2,7H2. The van der Waals surface area contributed by atoms with Crippen LogP contribution in [0.3, 0.4) is 0 Å². The first-order valence-electron chi connectivity index (χ1n) is 6.52. The zero-order chi connectivity index (χ0) is 15.0. The van der Waals surface area contributed by atoms with Gasteiger partial charge in [-0.2, -0.15) is 5.10 Å². The molecule has 4 nitrogen and oxygen atoms in total. The molecular formula is C14H13F3N2O2. The highest BCUT2D eigenvalue weighted by Crippen LogP contribution is 2.36. The van der Waals surface area contributed by atoms with Gasteiger partial charge in [-0.05, 0) is 37.0 Å². The third kappa shape index (κ3) is 3.48. The van der Waals surface area contributed by atoms with Crippen LogP contribution in [0.2, 0.25) is 0 Å². The minimum atomic E-state index is -4.78. The fourth-order valence-corrected chi connectivity index (χ4v) is 2.12. The number of hydrogen-bond acceptors (Lipinski definition) is 3. The fourth-order valence-electron chi connectivity index (χ4n) is 2.12. The van der Waals surface area contributed by atoms with Crippen LogP contribution in [0, 0.1) is 5.92 Å². The summed E-state index contributed by atoms with van der Waals surface area (Å²) in [5.74, 6) is 0.119. The Morgan fingerprint density at radius 3 is 2.76 bits per heavy atom. The van der Waals surface area contributed by atoms with Crippen LogP contribution in [0.15, 0.2) is 30.6 Å². The Bertz CT molecular complexity index is 648. The van der Waals surface area contributed by atoms with Gasteiger partial charge in [0.15, 0.2) is 0 Å². The van der Waals surface area contributed by atoms with Crippen molar-refractivity contribution in [2.75, 3.05) is 0 Å². The molecular weight excluding hydrogens is 285 g/mol. The molecule has 3 rings (SSSR count). The number of nitrogens with zero attached hydrogens (tertiary/aromatic N) is 2. The van der Waals surface area contributed by atoms with Crippen molar-refractivity contribution in [3.8, 4) is 22.6 Å². The van der Waals surface area contributed by atoms with Crippen molar-refractivity contribution < 1.29 is 23.0 Å². The molecule has 1 aromatic heterocycles. The topological polar surface area (TPSA) is 47.3 Å². The molecule has 0 unspecified atom stereocenters. The predicted molar refractivity (Wildman–Crippen MR) is 68.7 cm³/mol. The molecule has 112 valence electrons. The summed E-state index contributed by atoms with van der Waals surface area (Å²) in [6, 6.07) is 3.48. The largest absolute Gasteiger partial charge is 0.573 e. The Labute approximate surface area is 118 Å². The zero-order valence-corrected chi connectivity index (χ0v) is 11.0. The lowest BCUT2D eigenvalue weighted by Crippen LogP contribution is -2.17. The number of aromatic hydroxyl groups is 1. The van der Waals surface area contributed by atoms with Gasteiger partial charge in [-0.1, -0.05) is 0 Å². The minimum Gasteiger partial charge on any atom is -0.508 e. The highest BCUT2D eigenvalue weighted by molar-refractivity contribution is 5.70. The number of aromatic nitrogens is 2. The van der Waals surface area contributed by atoms with Gasteiger partial charge < -0.3 is 9.84 Å². The second-order valence-electron chi connectivity index (χ2n) is 5.12. The van der Waals surface area contributed by atoms with Gasteiger partial charge >= 0.3 is 6.36 Å². The van der Waals surface area contributed by atoms with E-state index in [-0.39, 0.29) is 17.1 Å². The van der Waals surface area contributed by atoms with Gasteiger partial charge in [0.1, 0.15) is 11.5 Å². The number of hydrogen-bond donors (Lipinski definition) is 1. The van der Waals surface area contributed by atoms with E-state index >= 15 is 0 Å². The van der Waals surface area contributed by atoms with Crippen LogP contribution in [0.25, 0.3) is 11.1 Å². The Morgan fingerprint density at radius 2 is 2.10 bits per heavy atom.